The molecule has 2 amide bonds. The maximum atomic E-state index is 13.1. The number of nitrogens with zero attached hydrogens (tertiary/aromatic N) is 10. The molecule has 10 rings (SSSR count). The normalized spacial score (nSPS) is 13.8. The van der Waals surface area contributed by atoms with E-state index >= 15 is 0 Å². The van der Waals surface area contributed by atoms with E-state index in [0.29, 0.717) is 58.1 Å². The van der Waals surface area contributed by atoms with Gasteiger partial charge in [-0.05, 0) is 170 Å². The second-order valence-electron chi connectivity index (χ2n) is 23.5. The number of rotatable bonds is 20. The number of carbonyl (C=O) groups is 4. The molecule has 4 aromatic carbocycles. The molecule has 2 aliphatic heterocycles. The number of piperazine rings is 2. The Hall–Kier alpha value is -8.08. The lowest BCUT2D eigenvalue weighted by Crippen LogP contribution is -3.00. The van der Waals surface area contributed by atoms with E-state index in [0.717, 1.165) is 121 Å². The van der Waals surface area contributed by atoms with Crippen molar-refractivity contribution in [3.8, 4) is 22.5 Å². The number of ether oxygens (including phenoxy) is 3. The minimum absolute atomic E-state index is 0. The van der Waals surface area contributed by atoms with Gasteiger partial charge in [-0.1, -0.05) is 50.2 Å². The van der Waals surface area contributed by atoms with E-state index in [1.807, 2.05) is 172 Å². The molecule has 6 heterocycles. The molecule has 2 saturated heterocycles. The Bertz CT molecular complexity index is 3650. The average Bonchev–Trinajstić information content (AvgIpc) is 0.958. The molecule has 8 aromatic rings. The molecule has 0 bridgehead atoms. The van der Waals surface area contributed by atoms with Gasteiger partial charge < -0.3 is 64.4 Å². The third kappa shape index (κ3) is 22.9. The Morgan fingerprint density at radius 3 is 1.49 bits per heavy atom. The third-order valence-corrected chi connectivity index (χ3v) is 15.4. The van der Waals surface area contributed by atoms with E-state index < -0.39 is 6.16 Å². The number of nitrogens with one attached hydrogen (secondary N) is 4. The predicted molar refractivity (Wildman–Crippen MR) is 364 cm³/mol. The highest BCUT2D eigenvalue weighted by Gasteiger charge is 2.30. The van der Waals surface area contributed by atoms with Crippen LogP contribution in [0.3, 0.4) is 0 Å². The molecule has 0 spiro atoms. The topological polar surface area (TPSA) is 231 Å². The van der Waals surface area contributed by atoms with Gasteiger partial charge in [0.05, 0.1) is 37.6 Å². The minimum Gasteiger partial charge on any atom is -1.00 e. The molecule has 23 heteroatoms. The molecule has 0 saturated carbocycles. The molecular formula is C69H82I2N14O7. The molecule has 484 valence electrons. The van der Waals surface area contributed by atoms with Crippen molar-refractivity contribution in [2.45, 2.75) is 67.2 Å². The molecule has 2 aliphatic rings. The van der Waals surface area contributed by atoms with E-state index in [2.05, 4.69) is 89.4 Å². The monoisotopic (exact) mass is 1470 g/mol. The van der Waals surface area contributed by atoms with Crippen molar-refractivity contribution in [3.05, 3.63) is 192 Å². The third-order valence-electron chi connectivity index (χ3n) is 15.1. The number of carbonyl (C=O) groups excluding carboxylic acids is 4. The van der Waals surface area contributed by atoms with Gasteiger partial charge in [0, 0.05) is 141 Å². The van der Waals surface area contributed by atoms with Crippen molar-refractivity contribution in [1.29, 1.82) is 0 Å². The van der Waals surface area contributed by atoms with Gasteiger partial charge in [0.2, 0.25) is 18.6 Å². The maximum Gasteiger partial charge on any atom is 0.509 e. The molecule has 21 nitrogen and oxygen atoms in total. The van der Waals surface area contributed by atoms with Gasteiger partial charge in [0.1, 0.15) is 4.61 Å². The number of benzene rings is 4. The lowest BCUT2D eigenvalue weighted by molar-refractivity contribution is -0.929. The summed E-state index contributed by atoms with van der Waals surface area (Å²) in [5, 5.41) is 12.6. The largest absolute Gasteiger partial charge is 1.00 e. The van der Waals surface area contributed by atoms with Crippen molar-refractivity contribution in [2.75, 3.05) is 99.1 Å². The number of anilines is 6. The Balaban J connectivity index is 0.000000231. The maximum absolute atomic E-state index is 13.1. The standard InChI is InChI=1S/C35H41N7O3.C29H31N7O.C5H9IO3.HI/c1-25(2)20-33(43)45-24-42(4)18-16-41(17-19-42)23-27-8-10-28(11-9-27)34(44)38-30-12-7-26(3)32(21-30)40-35-37-15-13-31(39-35)29-6-5-14-36-22-29;1-21-5-10-25(18-27(21)34-29-31-13-11-26(33-29)24-4-3-12-30-19-24)32-28(37)23-8-6-22(7-9-23)20-36-16-14-35(2)15-17-36;1-4(2)9-5(7)8-3-6;/h5-15,21-22,25H,16-20,23-24H2,1-4H3,(H-,37,38,39,40,44);3-13,18-19H,14-17,20H2,1-2H3,(H,32,37)(H,31,33,34);4H,3H2,1-2H3;1H. The predicted octanol–water partition coefficient (Wildman–Crippen LogP) is 9.19. The highest BCUT2D eigenvalue weighted by molar-refractivity contribution is 14.1. The zero-order valence-electron chi connectivity index (χ0n) is 53.4. The van der Waals surface area contributed by atoms with E-state index in [4.69, 9.17) is 4.74 Å². The highest BCUT2D eigenvalue weighted by Crippen LogP contribution is 2.27. The SMILES string of the molecule is CC(C)OC(=O)OCI.Cc1ccc(NC(=O)c2ccc(CN3CCN(C)CC3)cc2)cc1Nc1nccc(-c2cccnc2)n1.Cc1ccc(NC(=O)c2ccc(CN3CC[N+](C)(COC(=O)CC(C)C)CC3)cc2)cc1Nc1nccc(-c2cccnc2)n1.[I-]. The van der Waals surface area contributed by atoms with Crippen molar-refractivity contribution in [2.24, 2.45) is 5.92 Å². The van der Waals surface area contributed by atoms with Gasteiger partial charge in [-0.2, -0.15) is 0 Å². The number of aryl methyl sites for hydroxylation is 2. The first kappa shape index (κ1) is 71.4. The van der Waals surface area contributed by atoms with E-state index in [1.165, 1.54) is 5.56 Å². The summed E-state index contributed by atoms with van der Waals surface area (Å²) in [7, 11) is 4.31. The summed E-state index contributed by atoms with van der Waals surface area (Å²) in [6.45, 7) is 21.7. The van der Waals surface area contributed by atoms with Gasteiger partial charge >= 0.3 is 12.1 Å². The zero-order chi connectivity index (χ0) is 64.7. The van der Waals surface area contributed by atoms with Crippen molar-refractivity contribution in [1.82, 2.24) is 44.6 Å². The van der Waals surface area contributed by atoms with E-state index in [9.17, 15) is 19.2 Å². The van der Waals surface area contributed by atoms with Crippen LogP contribution in [-0.4, -0.2) is 157 Å². The number of hydrogen-bond acceptors (Lipinski definition) is 18. The first-order valence-electron chi connectivity index (χ1n) is 30.4. The number of hydrogen-bond donors (Lipinski definition) is 4. The van der Waals surface area contributed by atoms with Crippen LogP contribution in [0.15, 0.2) is 159 Å². The molecule has 4 aromatic heterocycles. The Labute approximate surface area is 570 Å². The molecule has 0 radical (unpaired) electrons. The van der Waals surface area contributed by atoms with Crippen LogP contribution >= 0.6 is 22.6 Å². The fourth-order valence-electron chi connectivity index (χ4n) is 9.72. The molecule has 0 unspecified atom stereocenters. The lowest BCUT2D eigenvalue weighted by Gasteiger charge is -2.41. The molecular weight excluding hydrogens is 1390 g/mol. The highest BCUT2D eigenvalue weighted by atomic mass is 127. The van der Waals surface area contributed by atoms with Gasteiger partial charge in [-0.3, -0.25) is 38.6 Å². The van der Waals surface area contributed by atoms with Crippen LogP contribution in [0.2, 0.25) is 0 Å². The molecule has 0 aliphatic carbocycles. The summed E-state index contributed by atoms with van der Waals surface area (Å²) in [5.41, 5.74) is 12.0. The summed E-state index contributed by atoms with van der Waals surface area (Å²) in [5.74, 6) is 0.802. The second kappa shape index (κ2) is 35.7. The first-order valence-corrected chi connectivity index (χ1v) is 31.9. The van der Waals surface area contributed by atoms with Crippen LogP contribution in [0.5, 0.6) is 0 Å². The number of quaternary nitrogens is 1. The Morgan fingerprint density at radius 2 is 1.07 bits per heavy atom. The molecule has 4 N–H and O–H groups in total. The number of aromatic nitrogens is 6. The van der Waals surface area contributed by atoms with Crippen molar-refractivity contribution >= 4 is 81.2 Å². The van der Waals surface area contributed by atoms with Gasteiger partial charge in [0.15, 0.2) is 0 Å². The van der Waals surface area contributed by atoms with Gasteiger partial charge in [-0.25, -0.2) is 24.7 Å². The van der Waals surface area contributed by atoms with Gasteiger partial charge in [-0.15, -0.1) is 0 Å². The van der Waals surface area contributed by atoms with E-state index in [-0.39, 0.29) is 47.9 Å². The van der Waals surface area contributed by atoms with Gasteiger partial charge in [0.25, 0.3) is 11.8 Å². The van der Waals surface area contributed by atoms with Crippen LogP contribution in [0, 0.1) is 19.8 Å². The van der Waals surface area contributed by atoms with Crippen LogP contribution in [0.4, 0.5) is 39.4 Å². The summed E-state index contributed by atoms with van der Waals surface area (Å²) in [6, 6.07) is 38.5. The Morgan fingerprint density at radius 1 is 0.598 bits per heavy atom. The quantitative estimate of drug-likeness (QED) is 0.0241. The fourth-order valence-corrected chi connectivity index (χ4v) is 9.97. The number of alkyl halides is 1. The van der Waals surface area contributed by atoms with Crippen LogP contribution in [-0.2, 0) is 32.1 Å². The number of pyridine rings is 2. The average molecular weight is 1470 g/mol. The molecule has 0 atom stereocenters. The van der Waals surface area contributed by atoms with Crippen molar-refractivity contribution < 1.29 is 61.8 Å². The zero-order valence-corrected chi connectivity index (χ0v) is 57.8. The summed E-state index contributed by atoms with van der Waals surface area (Å²) in [6.07, 6.45) is 10.2. The summed E-state index contributed by atoms with van der Waals surface area (Å²) >= 11 is 1.93. The molecule has 92 heavy (non-hydrogen) atoms. The smallest absolute Gasteiger partial charge is 0.509 e. The van der Waals surface area contributed by atoms with Crippen molar-refractivity contribution in [3.63, 3.8) is 0 Å². The number of esters is 1. The first-order chi connectivity index (χ1) is 43.8. The van der Waals surface area contributed by atoms with Crippen LogP contribution in [0.25, 0.3) is 22.5 Å². The van der Waals surface area contributed by atoms with Crippen LogP contribution < -0.4 is 45.2 Å². The van der Waals surface area contributed by atoms with E-state index in [1.54, 1.807) is 51.0 Å². The van der Waals surface area contributed by atoms with Crippen LogP contribution in [0.1, 0.15) is 77.1 Å². The summed E-state index contributed by atoms with van der Waals surface area (Å²) in [4.78, 5) is 81.9. The fraction of sp³-hybridized carbons (Fsp3) is 0.333. The minimum atomic E-state index is -0.598. The number of halogens is 2. The number of amides is 2. The Kier molecular flexibility index (Phi) is 27.7. The second-order valence-corrected chi connectivity index (χ2v) is 24.1. The lowest BCUT2D eigenvalue weighted by atomic mass is 10.1. The number of likely N-dealkylation sites (N-methyl/N-ethyl adjacent to an activating group) is 2. The molecule has 2 fully saturated rings. The summed E-state index contributed by atoms with van der Waals surface area (Å²) < 4.78 is 15.7.